The first kappa shape index (κ1) is 32.9. The molecule has 246 valence electrons. The van der Waals surface area contributed by atoms with Crippen molar-refractivity contribution in [3.05, 3.63) is 11.8 Å². The van der Waals surface area contributed by atoms with Gasteiger partial charge in [0.1, 0.15) is 42.2 Å². The molecule has 3 saturated heterocycles. The van der Waals surface area contributed by atoms with Gasteiger partial charge in [-0.15, -0.1) is 0 Å². The Labute approximate surface area is 247 Å². The summed E-state index contributed by atoms with van der Waals surface area (Å²) >= 11 is 0. The summed E-state index contributed by atoms with van der Waals surface area (Å²) in [5.74, 6) is -2.33. The van der Waals surface area contributed by atoms with Gasteiger partial charge in [-0.05, 0) is 12.0 Å². The van der Waals surface area contributed by atoms with E-state index in [2.05, 4.69) is 0 Å². The molecule has 0 bridgehead atoms. The van der Waals surface area contributed by atoms with Crippen molar-refractivity contribution in [3.8, 4) is 0 Å². The number of aliphatic hydroxyl groups is 8. The number of esters is 1. The van der Waals surface area contributed by atoms with Crippen molar-refractivity contribution in [2.45, 2.75) is 106 Å². The Kier molecular flexibility index (Phi) is 10.00. The number of carbonyl (C=O) groups excluding carboxylic acids is 1. The molecule has 1 aliphatic carbocycles. The third kappa shape index (κ3) is 6.18. The smallest absolute Gasteiger partial charge is 0.311 e. The predicted molar refractivity (Wildman–Crippen MR) is 137 cm³/mol. The van der Waals surface area contributed by atoms with Crippen LogP contribution in [-0.2, 0) is 38.0 Å². The fourth-order valence-electron chi connectivity index (χ4n) is 6.24. The second-order valence-electron chi connectivity index (χ2n) is 11.9. The van der Waals surface area contributed by atoms with Crippen LogP contribution in [-0.4, -0.2) is 153 Å². The van der Waals surface area contributed by atoms with E-state index < -0.39 is 116 Å². The first-order valence-corrected chi connectivity index (χ1v) is 14.5. The molecule has 4 heterocycles. The lowest BCUT2D eigenvalue weighted by Gasteiger charge is -2.42. The number of fused-ring (bicyclic) bond motifs is 3. The Morgan fingerprint density at radius 1 is 1.00 bits per heavy atom. The van der Waals surface area contributed by atoms with Gasteiger partial charge in [-0.25, -0.2) is 0 Å². The van der Waals surface area contributed by atoms with Gasteiger partial charge in [0, 0.05) is 12.3 Å². The summed E-state index contributed by atoms with van der Waals surface area (Å²) in [5.41, 5.74) is -1.25. The molecule has 43 heavy (non-hydrogen) atoms. The van der Waals surface area contributed by atoms with E-state index >= 15 is 0 Å². The van der Waals surface area contributed by atoms with Crippen LogP contribution in [0.5, 0.6) is 0 Å². The molecule has 0 spiro atoms. The lowest BCUT2D eigenvalue weighted by Crippen LogP contribution is -2.59. The van der Waals surface area contributed by atoms with Crippen molar-refractivity contribution in [1.29, 1.82) is 0 Å². The molecule has 0 aromatic carbocycles. The quantitative estimate of drug-likeness (QED) is 0.0814. The minimum atomic E-state index is -1.74. The molecule has 16 atom stereocenters. The average Bonchev–Trinajstić information content (AvgIpc) is 3.76. The molecular formula is C27H42O16. The fraction of sp³-hybridized carbons (Fsp3) is 0.889. The second kappa shape index (κ2) is 13.1. The summed E-state index contributed by atoms with van der Waals surface area (Å²) in [5, 5.41) is 81.8. The largest absolute Gasteiger partial charge is 0.462 e. The third-order valence-electron chi connectivity index (χ3n) is 9.12. The van der Waals surface area contributed by atoms with Gasteiger partial charge in [-0.2, -0.15) is 0 Å². The molecule has 16 nitrogen and oxygen atoms in total. The van der Waals surface area contributed by atoms with Crippen LogP contribution in [0.1, 0.15) is 26.7 Å². The minimum absolute atomic E-state index is 0.0701. The zero-order chi connectivity index (χ0) is 31.2. The van der Waals surface area contributed by atoms with Crippen molar-refractivity contribution < 1.29 is 78.8 Å². The first-order chi connectivity index (χ1) is 20.4. The lowest BCUT2D eigenvalue weighted by atomic mass is 9.79. The normalized spacial score (nSPS) is 48.0. The summed E-state index contributed by atoms with van der Waals surface area (Å²) in [6.07, 6.45) is -12.9. The summed E-state index contributed by atoms with van der Waals surface area (Å²) in [7, 11) is 0. The summed E-state index contributed by atoms with van der Waals surface area (Å²) in [6.45, 7) is 1.78. The molecule has 16 heteroatoms. The molecule has 0 radical (unpaired) electrons. The number of ether oxygens (including phenoxy) is 7. The van der Waals surface area contributed by atoms with Gasteiger partial charge >= 0.3 is 5.97 Å². The molecule has 5 aliphatic rings. The van der Waals surface area contributed by atoms with Crippen molar-refractivity contribution in [2.24, 2.45) is 17.8 Å². The number of rotatable bonds is 11. The minimum Gasteiger partial charge on any atom is -0.462 e. The van der Waals surface area contributed by atoms with Gasteiger partial charge in [0.15, 0.2) is 12.6 Å². The SMILES string of the molecule is CCC(C)C(=O)OC1OC=C(COC2OC(COC3OC(CO)C(O)C(O)C3O)CC(O)C2O)C2C3OC3C(O)(CO)C12. The van der Waals surface area contributed by atoms with E-state index in [4.69, 9.17) is 33.2 Å². The van der Waals surface area contributed by atoms with Crippen LogP contribution in [0.4, 0.5) is 0 Å². The van der Waals surface area contributed by atoms with E-state index in [9.17, 15) is 45.6 Å². The molecular weight excluding hydrogens is 580 g/mol. The van der Waals surface area contributed by atoms with Crippen molar-refractivity contribution in [1.82, 2.24) is 0 Å². The number of epoxide rings is 1. The fourth-order valence-corrected chi connectivity index (χ4v) is 6.24. The van der Waals surface area contributed by atoms with Gasteiger partial charge in [0.05, 0.1) is 62.8 Å². The number of carbonyl (C=O) groups is 1. The van der Waals surface area contributed by atoms with E-state index in [1.165, 1.54) is 6.26 Å². The Bertz CT molecular complexity index is 1010. The van der Waals surface area contributed by atoms with Crippen LogP contribution >= 0.6 is 0 Å². The zero-order valence-corrected chi connectivity index (χ0v) is 23.8. The summed E-state index contributed by atoms with van der Waals surface area (Å²) in [6, 6.07) is 0. The third-order valence-corrected chi connectivity index (χ3v) is 9.12. The molecule has 0 aromatic rings. The predicted octanol–water partition coefficient (Wildman–Crippen LogP) is -3.78. The van der Waals surface area contributed by atoms with Crippen LogP contribution in [0.25, 0.3) is 0 Å². The maximum absolute atomic E-state index is 12.5. The lowest BCUT2D eigenvalue weighted by molar-refractivity contribution is -0.318. The maximum Gasteiger partial charge on any atom is 0.311 e. The van der Waals surface area contributed by atoms with E-state index in [0.717, 1.165) is 0 Å². The zero-order valence-electron chi connectivity index (χ0n) is 23.8. The van der Waals surface area contributed by atoms with Crippen molar-refractivity contribution in [3.63, 3.8) is 0 Å². The van der Waals surface area contributed by atoms with Crippen LogP contribution < -0.4 is 0 Å². The molecule has 0 amide bonds. The maximum atomic E-state index is 12.5. The topological polar surface area (TPSA) is 247 Å². The average molecular weight is 623 g/mol. The molecule has 8 N–H and O–H groups in total. The highest BCUT2D eigenvalue weighted by molar-refractivity contribution is 5.72. The van der Waals surface area contributed by atoms with Crippen molar-refractivity contribution in [2.75, 3.05) is 26.4 Å². The first-order valence-electron chi connectivity index (χ1n) is 14.5. The van der Waals surface area contributed by atoms with E-state index in [0.29, 0.717) is 12.0 Å². The standard InChI is InChI=1S/C27H42O16/c1-3-10(2)23(35)43-24-16-15(21-22(42-21)27(16,36)9-29)11(6-37-24)7-38-25-17(31)13(30)4-12(40-25)8-39-26-20(34)19(33)18(32)14(5-28)41-26/h6,10,12-22,24-26,28-34,36H,3-5,7-9H2,1-2H3. The van der Waals surface area contributed by atoms with Gasteiger partial charge in [-0.1, -0.05) is 13.8 Å². The number of hydrogen-bond donors (Lipinski definition) is 8. The number of aliphatic hydroxyl groups excluding tert-OH is 7. The molecule has 5 rings (SSSR count). The van der Waals surface area contributed by atoms with Gasteiger partial charge in [-0.3, -0.25) is 4.79 Å². The van der Waals surface area contributed by atoms with Crippen LogP contribution in [0.15, 0.2) is 11.8 Å². The Morgan fingerprint density at radius 3 is 2.40 bits per heavy atom. The molecule has 16 unspecified atom stereocenters. The van der Waals surface area contributed by atoms with Gasteiger partial charge in [0.25, 0.3) is 0 Å². The summed E-state index contributed by atoms with van der Waals surface area (Å²) in [4.78, 5) is 12.5. The van der Waals surface area contributed by atoms with E-state index in [1.807, 2.05) is 6.92 Å². The monoisotopic (exact) mass is 622 g/mol. The molecule has 0 aromatic heterocycles. The second-order valence-corrected chi connectivity index (χ2v) is 11.9. The van der Waals surface area contributed by atoms with E-state index in [-0.39, 0.29) is 19.6 Å². The highest BCUT2D eigenvalue weighted by Crippen LogP contribution is 2.58. The molecule has 4 aliphatic heterocycles. The highest BCUT2D eigenvalue weighted by atomic mass is 16.7. The van der Waals surface area contributed by atoms with E-state index in [1.54, 1.807) is 6.92 Å². The van der Waals surface area contributed by atoms with Gasteiger partial charge in [0.2, 0.25) is 6.29 Å². The Hall–Kier alpha value is -1.51. The highest BCUT2D eigenvalue weighted by Gasteiger charge is 2.74. The molecule has 1 saturated carbocycles. The Balaban J connectivity index is 1.22. The Morgan fingerprint density at radius 2 is 1.72 bits per heavy atom. The van der Waals surface area contributed by atoms with Crippen LogP contribution in [0, 0.1) is 17.8 Å². The van der Waals surface area contributed by atoms with Crippen LogP contribution in [0.2, 0.25) is 0 Å². The van der Waals surface area contributed by atoms with Crippen LogP contribution in [0.3, 0.4) is 0 Å². The van der Waals surface area contributed by atoms with Crippen molar-refractivity contribution >= 4 is 5.97 Å². The summed E-state index contributed by atoms with van der Waals surface area (Å²) < 4.78 is 39.4. The molecule has 4 fully saturated rings. The van der Waals surface area contributed by atoms with Gasteiger partial charge < -0.3 is 74.0 Å². The number of hydrogen-bond acceptors (Lipinski definition) is 16.